The van der Waals surface area contributed by atoms with Gasteiger partial charge in [-0.25, -0.2) is 0 Å². The normalized spacial score (nSPS) is 43.9. The van der Waals surface area contributed by atoms with Crippen LogP contribution in [-0.4, -0.2) is 18.5 Å². The first-order valence-electron chi connectivity index (χ1n) is 6.25. The van der Waals surface area contributed by atoms with E-state index in [1.807, 2.05) is 0 Å². The van der Waals surface area contributed by atoms with E-state index in [9.17, 15) is 4.79 Å². The van der Waals surface area contributed by atoms with Crippen molar-refractivity contribution in [3.63, 3.8) is 0 Å². The molecule has 4 rings (SSSR count). The van der Waals surface area contributed by atoms with E-state index in [0.29, 0.717) is 6.04 Å². The van der Waals surface area contributed by atoms with Crippen molar-refractivity contribution in [1.29, 1.82) is 0 Å². The van der Waals surface area contributed by atoms with Crippen LogP contribution in [0.5, 0.6) is 0 Å². The van der Waals surface area contributed by atoms with Crippen LogP contribution in [0, 0.1) is 23.7 Å². The summed E-state index contributed by atoms with van der Waals surface area (Å²) in [5.74, 6) is 3.50. The van der Waals surface area contributed by atoms with Gasteiger partial charge in [0.25, 0.3) is 0 Å². The molecule has 4 saturated carbocycles. The van der Waals surface area contributed by atoms with Gasteiger partial charge in [-0.15, -0.1) is 12.4 Å². The molecule has 0 atom stereocenters. The second-order valence-corrected chi connectivity index (χ2v) is 5.73. The Labute approximate surface area is 103 Å². The van der Waals surface area contributed by atoms with E-state index < -0.39 is 0 Å². The highest BCUT2D eigenvalue weighted by atomic mass is 35.5. The molecule has 0 radical (unpaired) electrons. The Balaban J connectivity index is 0.000000963. The number of rotatable bonds is 2. The lowest BCUT2D eigenvalue weighted by Crippen LogP contribution is -2.56. The number of amides is 1. The molecule has 0 aliphatic heterocycles. The number of hydrogen-bond donors (Lipinski definition) is 2. The molecule has 0 unspecified atom stereocenters. The highest BCUT2D eigenvalue weighted by Crippen LogP contribution is 2.53. The number of carbonyl (C=O) groups is 1. The van der Waals surface area contributed by atoms with Gasteiger partial charge >= 0.3 is 0 Å². The number of carbonyl (C=O) groups excluding carboxylic acids is 1. The molecule has 16 heavy (non-hydrogen) atoms. The highest BCUT2D eigenvalue weighted by Gasteiger charge is 2.48. The third-order valence-corrected chi connectivity index (χ3v) is 4.74. The Morgan fingerprint density at radius 3 is 2.00 bits per heavy atom. The number of nitrogens with one attached hydrogen (secondary N) is 1. The second kappa shape index (κ2) is 4.53. The van der Waals surface area contributed by atoms with Crippen molar-refractivity contribution in [2.75, 3.05) is 6.54 Å². The fraction of sp³-hybridized carbons (Fsp3) is 0.917. The minimum atomic E-state index is 0. The van der Waals surface area contributed by atoms with Crippen LogP contribution in [0.4, 0.5) is 0 Å². The topological polar surface area (TPSA) is 55.1 Å². The molecule has 0 spiro atoms. The largest absolute Gasteiger partial charge is 0.352 e. The summed E-state index contributed by atoms with van der Waals surface area (Å²) in [4.78, 5) is 11.4. The molecule has 4 aliphatic rings. The molecule has 4 bridgehead atoms. The van der Waals surface area contributed by atoms with E-state index in [-0.39, 0.29) is 24.9 Å². The Morgan fingerprint density at radius 1 is 1.06 bits per heavy atom. The molecule has 4 fully saturated rings. The van der Waals surface area contributed by atoms with Crippen LogP contribution in [-0.2, 0) is 4.79 Å². The van der Waals surface area contributed by atoms with E-state index in [0.717, 1.165) is 23.7 Å². The average Bonchev–Trinajstić information content (AvgIpc) is 2.22. The highest BCUT2D eigenvalue weighted by molar-refractivity contribution is 5.85. The van der Waals surface area contributed by atoms with Gasteiger partial charge in [0.1, 0.15) is 0 Å². The van der Waals surface area contributed by atoms with Gasteiger partial charge in [-0.1, -0.05) is 0 Å². The van der Waals surface area contributed by atoms with Crippen LogP contribution < -0.4 is 11.1 Å². The molecule has 3 N–H and O–H groups in total. The van der Waals surface area contributed by atoms with E-state index >= 15 is 0 Å². The van der Waals surface area contributed by atoms with Gasteiger partial charge in [-0.3, -0.25) is 4.79 Å². The zero-order valence-corrected chi connectivity index (χ0v) is 10.3. The van der Waals surface area contributed by atoms with E-state index in [1.165, 1.54) is 32.1 Å². The molecule has 92 valence electrons. The molecule has 0 aromatic carbocycles. The summed E-state index contributed by atoms with van der Waals surface area (Å²) in [6.07, 6.45) is 6.86. The van der Waals surface area contributed by atoms with Crippen LogP contribution >= 0.6 is 12.4 Å². The average molecular weight is 245 g/mol. The van der Waals surface area contributed by atoms with Crippen molar-refractivity contribution >= 4 is 18.3 Å². The Morgan fingerprint density at radius 2 is 1.56 bits per heavy atom. The quantitative estimate of drug-likeness (QED) is 0.770. The van der Waals surface area contributed by atoms with E-state index in [2.05, 4.69) is 5.32 Å². The molecule has 4 heteroatoms. The molecule has 4 aliphatic carbocycles. The Bertz CT molecular complexity index is 254. The maximum atomic E-state index is 11.4. The van der Waals surface area contributed by atoms with Crippen molar-refractivity contribution in [3.05, 3.63) is 0 Å². The van der Waals surface area contributed by atoms with Gasteiger partial charge in [0, 0.05) is 6.04 Å². The zero-order valence-electron chi connectivity index (χ0n) is 9.52. The fourth-order valence-corrected chi connectivity index (χ4v) is 4.41. The van der Waals surface area contributed by atoms with Crippen molar-refractivity contribution in [1.82, 2.24) is 5.32 Å². The number of nitrogens with two attached hydrogens (primary N) is 1. The summed E-state index contributed by atoms with van der Waals surface area (Å²) >= 11 is 0. The third-order valence-electron chi connectivity index (χ3n) is 4.74. The lowest BCUT2D eigenvalue weighted by atomic mass is 9.54. The van der Waals surface area contributed by atoms with Crippen molar-refractivity contribution in [3.8, 4) is 0 Å². The summed E-state index contributed by atoms with van der Waals surface area (Å²) in [6.45, 7) is 0.142. The van der Waals surface area contributed by atoms with Crippen molar-refractivity contribution in [2.24, 2.45) is 29.4 Å². The Hall–Kier alpha value is -0.280. The maximum Gasteiger partial charge on any atom is 0.233 e. The molecule has 0 aromatic heterocycles. The maximum absolute atomic E-state index is 11.4. The summed E-state index contributed by atoms with van der Waals surface area (Å²) in [5.41, 5.74) is 5.36. The smallest absolute Gasteiger partial charge is 0.233 e. The van der Waals surface area contributed by atoms with Crippen LogP contribution in [0.15, 0.2) is 0 Å². The predicted molar refractivity (Wildman–Crippen MR) is 65.3 cm³/mol. The van der Waals surface area contributed by atoms with Gasteiger partial charge in [0.05, 0.1) is 6.54 Å². The summed E-state index contributed by atoms with van der Waals surface area (Å²) < 4.78 is 0. The van der Waals surface area contributed by atoms with Crippen LogP contribution in [0.3, 0.4) is 0 Å². The number of halogens is 1. The molecule has 3 nitrogen and oxygen atoms in total. The lowest BCUT2D eigenvalue weighted by Gasteiger charge is -2.54. The first-order valence-corrected chi connectivity index (χ1v) is 6.25. The van der Waals surface area contributed by atoms with Gasteiger partial charge < -0.3 is 11.1 Å². The van der Waals surface area contributed by atoms with Crippen molar-refractivity contribution in [2.45, 2.75) is 38.1 Å². The van der Waals surface area contributed by atoms with Crippen LogP contribution in [0.1, 0.15) is 32.1 Å². The zero-order chi connectivity index (χ0) is 10.4. The van der Waals surface area contributed by atoms with E-state index in [4.69, 9.17) is 5.73 Å². The lowest BCUT2D eigenvalue weighted by molar-refractivity contribution is -0.123. The second-order valence-electron chi connectivity index (χ2n) is 5.73. The van der Waals surface area contributed by atoms with Crippen LogP contribution in [0.2, 0.25) is 0 Å². The summed E-state index contributed by atoms with van der Waals surface area (Å²) in [5, 5.41) is 3.15. The standard InChI is InChI=1S/C12H20N2O.ClH/c13-6-11(15)14-12-9-2-7-1-8(4-9)5-10(12)3-7;/h7-10,12H,1-6,13H2,(H,14,15);1H. The van der Waals surface area contributed by atoms with Gasteiger partial charge in [0.15, 0.2) is 0 Å². The summed E-state index contributed by atoms with van der Waals surface area (Å²) in [7, 11) is 0. The predicted octanol–water partition coefficient (Wildman–Crippen LogP) is 1.31. The Kier molecular flexibility index (Phi) is 3.45. The van der Waals surface area contributed by atoms with E-state index in [1.54, 1.807) is 0 Å². The van der Waals surface area contributed by atoms with Crippen LogP contribution in [0.25, 0.3) is 0 Å². The molecular formula is C12H21ClN2O. The monoisotopic (exact) mass is 244 g/mol. The molecule has 1 amide bonds. The number of hydrogen-bond acceptors (Lipinski definition) is 2. The molecular weight excluding hydrogens is 224 g/mol. The van der Waals surface area contributed by atoms with Crippen molar-refractivity contribution < 1.29 is 4.79 Å². The van der Waals surface area contributed by atoms with Gasteiger partial charge in [-0.05, 0) is 55.8 Å². The third kappa shape index (κ3) is 1.95. The summed E-state index contributed by atoms with van der Waals surface area (Å²) in [6, 6.07) is 0.453. The SMILES string of the molecule is Cl.NCC(=O)NC1C2CC3CC(C2)CC1C3. The molecule has 0 saturated heterocycles. The minimum Gasteiger partial charge on any atom is -0.352 e. The molecule has 0 aromatic rings. The minimum absolute atomic E-state index is 0. The van der Waals surface area contributed by atoms with Gasteiger partial charge in [-0.2, -0.15) is 0 Å². The first-order chi connectivity index (χ1) is 7.26. The first kappa shape index (κ1) is 12.2. The fourth-order valence-electron chi connectivity index (χ4n) is 4.41. The molecule has 0 heterocycles. The van der Waals surface area contributed by atoms with Gasteiger partial charge in [0.2, 0.25) is 5.91 Å².